The second-order valence-electron chi connectivity index (χ2n) is 10.3. The van der Waals surface area contributed by atoms with Crippen LogP contribution in [0.1, 0.15) is 27.2 Å². The third-order valence-electron chi connectivity index (χ3n) is 7.47. The number of methoxy groups -OCH3 is 1. The van der Waals surface area contributed by atoms with Gasteiger partial charge in [-0.3, -0.25) is 24.4 Å². The zero-order valence-electron chi connectivity index (χ0n) is 23.6. The fourth-order valence-electron chi connectivity index (χ4n) is 5.24. The zero-order valence-corrected chi connectivity index (χ0v) is 23.6. The molecular formula is C33H36N4O4. The van der Waals surface area contributed by atoms with E-state index in [-0.39, 0.29) is 18.4 Å². The standard InChI is InChI=1S/C33H36N4O4/c1-24-20-27(29-10-6-7-11-30(29)35-24)23-41-28-14-12-26(13-15-28)32(38)34-21-31(33(39)40-2)37-18-16-36(17-19-37)22-25-8-4-3-5-9-25/h3-15,20,31H,16-19,21-23H2,1-2H3,(H,34,38)/t31-/m0/s1. The van der Waals surface area contributed by atoms with Crippen molar-refractivity contribution < 1.29 is 19.1 Å². The molecule has 0 saturated carbocycles. The van der Waals surface area contributed by atoms with E-state index in [0.717, 1.165) is 54.9 Å². The summed E-state index contributed by atoms with van der Waals surface area (Å²) in [5, 5.41) is 3.99. The monoisotopic (exact) mass is 552 g/mol. The molecule has 1 fully saturated rings. The molecule has 1 atom stereocenters. The van der Waals surface area contributed by atoms with Gasteiger partial charge in [-0.05, 0) is 48.9 Å². The summed E-state index contributed by atoms with van der Waals surface area (Å²) >= 11 is 0. The highest BCUT2D eigenvalue weighted by Crippen LogP contribution is 2.21. The average molecular weight is 553 g/mol. The first-order valence-corrected chi connectivity index (χ1v) is 13.9. The van der Waals surface area contributed by atoms with Crippen molar-refractivity contribution >= 4 is 22.8 Å². The number of amides is 1. The highest BCUT2D eigenvalue weighted by molar-refractivity contribution is 5.94. The molecule has 2 heterocycles. The molecule has 8 heteroatoms. The third kappa shape index (κ3) is 7.28. The molecule has 1 aliphatic rings. The van der Waals surface area contributed by atoms with Crippen molar-refractivity contribution in [1.29, 1.82) is 0 Å². The maximum Gasteiger partial charge on any atom is 0.324 e. The first-order chi connectivity index (χ1) is 20.0. The number of piperazine rings is 1. The Morgan fingerprint density at radius 2 is 1.63 bits per heavy atom. The van der Waals surface area contributed by atoms with Gasteiger partial charge in [-0.25, -0.2) is 0 Å². The molecule has 0 bridgehead atoms. The van der Waals surface area contributed by atoms with E-state index in [1.807, 2.05) is 55.5 Å². The van der Waals surface area contributed by atoms with Gasteiger partial charge in [-0.15, -0.1) is 0 Å². The van der Waals surface area contributed by atoms with Gasteiger partial charge in [0.2, 0.25) is 0 Å². The number of hydrogen-bond donors (Lipinski definition) is 1. The Morgan fingerprint density at radius 1 is 0.927 bits per heavy atom. The molecule has 0 spiro atoms. The Morgan fingerprint density at radius 3 is 2.37 bits per heavy atom. The lowest BCUT2D eigenvalue weighted by Crippen LogP contribution is -2.56. The molecule has 0 unspecified atom stereocenters. The van der Waals surface area contributed by atoms with Gasteiger partial charge in [0.05, 0.1) is 12.6 Å². The minimum Gasteiger partial charge on any atom is -0.489 e. The maximum absolute atomic E-state index is 12.9. The predicted octanol–water partition coefficient (Wildman–Crippen LogP) is 4.21. The summed E-state index contributed by atoms with van der Waals surface area (Å²) in [6.45, 7) is 6.56. The molecule has 4 aromatic rings. The normalized spacial score (nSPS) is 14.9. The number of nitrogens with zero attached hydrogens (tertiary/aromatic N) is 3. The van der Waals surface area contributed by atoms with Crippen LogP contribution >= 0.6 is 0 Å². The van der Waals surface area contributed by atoms with Crippen LogP contribution < -0.4 is 10.1 Å². The lowest BCUT2D eigenvalue weighted by atomic mass is 10.1. The highest BCUT2D eigenvalue weighted by Gasteiger charge is 2.30. The smallest absolute Gasteiger partial charge is 0.324 e. The summed E-state index contributed by atoms with van der Waals surface area (Å²) < 4.78 is 11.1. The number of aromatic nitrogens is 1. The van der Waals surface area contributed by atoms with Crippen molar-refractivity contribution in [2.45, 2.75) is 26.1 Å². The molecule has 1 saturated heterocycles. The number of aryl methyl sites for hydroxylation is 1. The van der Waals surface area contributed by atoms with Crippen molar-refractivity contribution in [1.82, 2.24) is 20.1 Å². The number of ether oxygens (including phenoxy) is 2. The summed E-state index contributed by atoms with van der Waals surface area (Å²) in [6, 6.07) is 26.9. The largest absolute Gasteiger partial charge is 0.489 e. The van der Waals surface area contributed by atoms with Crippen LogP contribution in [0.2, 0.25) is 0 Å². The van der Waals surface area contributed by atoms with Crippen molar-refractivity contribution in [3.8, 4) is 5.75 Å². The van der Waals surface area contributed by atoms with E-state index in [4.69, 9.17) is 9.47 Å². The number of benzene rings is 3. The van der Waals surface area contributed by atoms with Crippen molar-refractivity contribution in [2.24, 2.45) is 0 Å². The number of hydrogen-bond acceptors (Lipinski definition) is 7. The van der Waals surface area contributed by atoms with E-state index in [0.29, 0.717) is 17.9 Å². The molecule has 5 rings (SSSR count). The van der Waals surface area contributed by atoms with E-state index in [2.05, 4.69) is 32.2 Å². The van der Waals surface area contributed by atoms with E-state index in [1.54, 1.807) is 24.3 Å². The van der Waals surface area contributed by atoms with Gasteiger partial charge < -0.3 is 14.8 Å². The molecule has 3 aromatic carbocycles. The summed E-state index contributed by atoms with van der Waals surface area (Å²) in [7, 11) is 1.39. The molecular weight excluding hydrogens is 516 g/mol. The molecule has 1 aromatic heterocycles. The van der Waals surface area contributed by atoms with Gasteiger partial charge in [0.25, 0.3) is 5.91 Å². The number of pyridine rings is 1. The summed E-state index contributed by atoms with van der Waals surface area (Å²) in [5.41, 5.74) is 4.71. The number of esters is 1. The van der Waals surface area contributed by atoms with E-state index in [1.165, 1.54) is 12.7 Å². The van der Waals surface area contributed by atoms with Crippen LogP contribution in [-0.4, -0.2) is 72.5 Å². The third-order valence-corrected chi connectivity index (χ3v) is 7.47. The van der Waals surface area contributed by atoms with Gasteiger partial charge in [0, 0.05) is 61.5 Å². The van der Waals surface area contributed by atoms with E-state index < -0.39 is 6.04 Å². The summed E-state index contributed by atoms with van der Waals surface area (Å²) in [5.74, 6) is 0.0780. The molecule has 1 aliphatic heterocycles. The quantitative estimate of drug-likeness (QED) is 0.295. The fourth-order valence-corrected chi connectivity index (χ4v) is 5.24. The van der Waals surface area contributed by atoms with E-state index >= 15 is 0 Å². The van der Waals surface area contributed by atoms with Gasteiger partial charge in [0.1, 0.15) is 18.4 Å². The Hall–Kier alpha value is -4.27. The van der Waals surface area contributed by atoms with Crippen LogP contribution in [0.5, 0.6) is 5.75 Å². The molecule has 8 nitrogen and oxygen atoms in total. The van der Waals surface area contributed by atoms with Crippen LogP contribution in [0.4, 0.5) is 0 Å². The van der Waals surface area contributed by atoms with Crippen molar-refractivity contribution in [3.05, 3.63) is 107 Å². The van der Waals surface area contributed by atoms with Gasteiger partial charge in [0.15, 0.2) is 0 Å². The number of carbonyl (C=O) groups is 2. The molecule has 0 radical (unpaired) electrons. The molecule has 1 N–H and O–H groups in total. The topological polar surface area (TPSA) is 84.0 Å². The summed E-state index contributed by atoms with van der Waals surface area (Å²) in [4.78, 5) is 34.6. The van der Waals surface area contributed by atoms with Crippen LogP contribution in [0.25, 0.3) is 10.9 Å². The molecule has 212 valence electrons. The maximum atomic E-state index is 12.9. The highest BCUT2D eigenvalue weighted by atomic mass is 16.5. The number of carbonyl (C=O) groups excluding carboxylic acids is 2. The van der Waals surface area contributed by atoms with Gasteiger partial charge in [-0.2, -0.15) is 0 Å². The first kappa shape index (κ1) is 28.3. The van der Waals surface area contributed by atoms with Gasteiger partial charge >= 0.3 is 5.97 Å². The van der Waals surface area contributed by atoms with E-state index in [9.17, 15) is 9.59 Å². The van der Waals surface area contributed by atoms with Crippen LogP contribution in [0, 0.1) is 6.92 Å². The number of para-hydroxylation sites is 1. The Bertz CT molecular complexity index is 1470. The van der Waals surface area contributed by atoms with Crippen LogP contribution in [0.15, 0.2) is 84.9 Å². The fraction of sp³-hybridized carbons (Fsp3) is 0.303. The molecule has 1 amide bonds. The molecule has 0 aliphatic carbocycles. The lowest BCUT2D eigenvalue weighted by Gasteiger charge is -2.38. The van der Waals surface area contributed by atoms with Crippen molar-refractivity contribution in [2.75, 3.05) is 39.8 Å². The second kappa shape index (κ2) is 13.4. The second-order valence-corrected chi connectivity index (χ2v) is 10.3. The average Bonchev–Trinajstić information content (AvgIpc) is 3.01. The minimum atomic E-state index is -0.538. The number of nitrogens with one attached hydrogen (secondary N) is 1. The lowest BCUT2D eigenvalue weighted by molar-refractivity contribution is -0.147. The number of rotatable bonds is 10. The Labute approximate surface area is 240 Å². The van der Waals surface area contributed by atoms with Crippen LogP contribution in [-0.2, 0) is 22.7 Å². The zero-order chi connectivity index (χ0) is 28.6. The number of fused-ring (bicyclic) bond motifs is 1. The Kier molecular flexibility index (Phi) is 9.23. The van der Waals surface area contributed by atoms with Gasteiger partial charge in [-0.1, -0.05) is 48.5 Å². The Balaban J connectivity index is 1.14. The minimum absolute atomic E-state index is 0.177. The SMILES string of the molecule is COC(=O)[C@H](CNC(=O)c1ccc(OCc2cc(C)nc3ccccc23)cc1)N1CCN(Cc2ccccc2)CC1. The molecule has 41 heavy (non-hydrogen) atoms. The van der Waals surface area contributed by atoms with Crippen molar-refractivity contribution in [3.63, 3.8) is 0 Å². The predicted molar refractivity (Wildman–Crippen MR) is 159 cm³/mol. The summed E-state index contributed by atoms with van der Waals surface area (Å²) in [6.07, 6.45) is 0. The van der Waals surface area contributed by atoms with Crippen LogP contribution in [0.3, 0.4) is 0 Å². The first-order valence-electron chi connectivity index (χ1n) is 13.9.